The lowest BCUT2D eigenvalue weighted by Gasteiger charge is -2.30. The molecule has 1 aromatic carbocycles. The van der Waals surface area contributed by atoms with Gasteiger partial charge in [-0.15, -0.1) is 0 Å². The van der Waals surface area contributed by atoms with Crippen molar-refractivity contribution >= 4 is 44.6 Å². The van der Waals surface area contributed by atoms with Crippen molar-refractivity contribution in [2.45, 2.75) is 95.0 Å². The average Bonchev–Trinajstić information content (AvgIpc) is 3.51. The number of aromatic nitrogens is 1. The molecule has 13 nitrogen and oxygen atoms in total. The lowest BCUT2D eigenvalue weighted by Crippen LogP contribution is -2.58. The van der Waals surface area contributed by atoms with Gasteiger partial charge in [0.05, 0.1) is 12.8 Å². The molecule has 5 rings (SSSR count). The number of alkyl carbamates (subject to hydrolysis) is 1. The smallest absolute Gasteiger partial charge is 0.408 e. The van der Waals surface area contributed by atoms with E-state index in [1.54, 1.807) is 27.0 Å². The fraction of sp³-hybridized carbons (Fsp3) is 0.545. The Morgan fingerprint density at radius 2 is 1.87 bits per heavy atom. The highest BCUT2D eigenvalue weighted by atomic mass is 32.2. The normalized spacial score (nSPS) is 27.7. The Morgan fingerprint density at radius 1 is 1.11 bits per heavy atom. The van der Waals surface area contributed by atoms with E-state index >= 15 is 0 Å². The molecule has 0 unspecified atom stereocenters. The van der Waals surface area contributed by atoms with Gasteiger partial charge in [0.2, 0.25) is 27.7 Å². The van der Waals surface area contributed by atoms with Crippen molar-refractivity contribution < 1.29 is 37.1 Å². The fourth-order valence-corrected chi connectivity index (χ4v) is 6.74. The Morgan fingerprint density at radius 3 is 2.62 bits per heavy atom. The van der Waals surface area contributed by atoms with Crippen LogP contribution in [0.3, 0.4) is 0 Å². The van der Waals surface area contributed by atoms with Crippen LogP contribution >= 0.6 is 0 Å². The zero-order valence-corrected chi connectivity index (χ0v) is 28.0. The molecule has 1 aromatic heterocycles. The molecule has 0 spiro atoms. The molecule has 0 bridgehead atoms. The number of sulfonamides is 1. The summed E-state index contributed by atoms with van der Waals surface area (Å²) in [6.07, 6.45) is 8.37. The average molecular weight is 670 g/mol. The molecule has 1 saturated heterocycles. The minimum atomic E-state index is -3.91. The summed E-state index contributed by atoms with van der Waals surface area (Å²) in [5.74, 6) is -2.01. The maximum Gasteiger partial charge on any atom is 0.408 e. The van der Waals surface area contributed by atoms with Gasteiger partial charge in [-0.2, -0.15) is 0 Å². The van der Waals surface area contributed by atoms with Gasteiger partial charge in [0.15, 0.2) is 0 Å². The van der Waals surface area contributed by atoms with Gasteiger partial charge in [-0.3, -0.25) is 19.1 Å². The highest BCUT2D eigenvalue weighted by molar-refractivity contribution is 7.89. The molecule has 0 radical (unpaired) electrons. The summed E-state index contributed by atoms with van der Waals surface area (Å²) in [4.78, 5) is 60.2. The zero-order chi connectivity index (χ0) is 34.0. The molecule has 2 fully saturated rings. The minimum Gasteiger partial charge on any atom is -0.472 e. The number of carbonyl (C=O) groups excluding carboxylic acids is 4. The van der Waals surface area contributed by atoms with Crippen LogP contribution in [-0.2, 0) is 29.1 Å². The SMILES string of the molecule is CC(C)(C)OC(=O)N[C@H]1CCCCC/C=C\[C@H]2C[C@@]2(C(=O)NS(C)(=O)=O)NC(=O)[C@@H]2C[C@@H](Oc3nccc4ccccc34)CN2C1=O. The number of hydrogen-bond donors (Lipinski definition) is 3. The Bertz CT molecular complexity index is 1670. The van der Waals surface area contributed by atoms with Gasteiger partial charge in [-0.05, 0) is 64.0 Å². The van der Waals surface area contributed by atoms with Gasteiger partial charge in [-0.25, -0.2) is 18.2 Å². The third-order valence-corrected chi connectivity index (χ3v) is 9.09. The zero-order valence-electron chi connectivity index (χ0n) is 27.2. The Balaban J connectivity index is 1.47. The van der Waals surface area contributed by atoms with E-state index < -0.39 is 69.1 Å². The van der Waals surface area contributed by atoms with Crippen LogP contribution in [0.25, 0.3) is 10.8 Å². The molecule has 5 atom stereocenters. The second kappa shape index (κ2) is 13.5. The maximum absolute atomic E-state index is 14.2. The second-order valence-electron chi connectivity index (χ2n) is 13.6. The minimum absolute atomic E-state index is 0.0141. The first-order chi connectivity index (χ1) is 22.1. The van der Waals surface area contributed by atoms with E-state index in [1.807, 2.05) is 47.2 Å². The van der Waals surface area contributed by atoms with E-state index in [0.717, 1.165) is 29.9 Å². The van der Waals surface area contributed by atoms with Crippen LogP contribution in [-0.4, -0.2) is 84.2 Å². The predicted molar refractivity (Wildman–Crippen MR) is 174 cm³/mol. The number of allylic oxidation sites excluding steroid dienone is 1. The molecular formula is C33H43N5O8S. The molecule has 14 heteroatoms. The van der Waals surface area contributed by atoms with Crippen LogP contribution in [0.1, 0.15) is 65.7 Å². The van der Waals surface area contributed by atoms with Crippen molar-refractivity contribution in [3.63, 3.8) is 0 Å². The maximum atomic E-state index is 14.2. The van der Waals surface area contributed by atoms with Gasteiger partial charge in [0, 0.05) is 23.9 Å². The molecule has 2 aliphatic heterocycles. The first-order valence-electron chi connectivity index (χ1n) is 16.0. The van der Waals surface area contributed by atoms with Crippen molar-refractivity contribution in [2.24, 2.45) is 5.92 Å². The van der Waals surface area contributed by atoms with E-state index in [2.05, 4.69) is 15.6 Å². The topological polar surface area (TPSA) is 173 Å². The van der Waals surface area contributed by atoms with Crippen molar-refractivity contribution in [3.05, 3.63) is 48.7 Å². The largest absolute Gasteiger partial charge is 0.472 e. The number of rotatable bonds is 5. The summed E-state index contributed by atoms with van der Waals surface area (Å²) >= 11 is 0. The van der Waals surface area contributed by atoms with Gasteiger partial charge in [-0.1, -0.05) is 43.2 Å². The van der Waals surface area contributed by atoms with Crippen LogP contribution in [0.4, 0.5) is 4.79 Å². The summed E-state index contributed by atoms with van der Waals surface area (Å²) in [6.45, 7) is 5.19. The molecule has 2 aromatic rings. The molecule has 1 saturated carbocycles. The van der Waals surface area contributed by atoms with E-state index in [4.69, 9.17) is 9.47 Å². The number of hydrogen-bond acceptors (Lipinski definition) is 9. The number of fused-ring (bicyclic) bond motifs is 3. The molecule has 3 aliphatic rings. The summed E-state index contributed by atoms with van der Waals surface area (Å²) < 4.78 is 37.8. The van der Waals surface area contributed by atoms with E-state index in [9.17, 15) is 27.6 Å². The van der Waals surface area contributed by atoms with Crippen LogP contribution in [0.15, 0.2) is 48.7 Å². The summed E-state index contributed by atoms with van der Waals surface area (Å²) in [5.41, 5.74) is -2.28. The van der Waals surface area contributed by atoms with Gasteiger partial charge in [0.25, 0.3) is 5.91 Å². The highest BCUT2D eigenvalue weighted by Gasteiger charge is 2.61. The predicted octanol–water partition coefficient (Wildman–Crippen LogP) is 2.95. The molecule has 4 amide bonds. The quantitative estimate of drug-likeness (QED) is 0.405. The van der Waals surface area contributed by atoms with Crippen LogP contribution in [0.2, 0.25) is 0 Å². The number of nitrogens with one attached hydrogen (secondary N) is 3. The van der Waals surface area contributed by atoms with E-state index in [0.29, 0.717) is 25.1 Å². The van der Waals surface area contributed by atoms with Gasteiger partial charge in [0.1, 0.15) is 29.3 Å². The van der Waals surface area contributed by atoms with Crippen LogP contribution < -0.4 is 20.1 Å². The Labute approximate surface area is 274 Å². The monoisotopic (exact) mass is 669 g/mol. The van der Waals surface area contributed by atoms with E-state index in [-0.39, 0.29) is 19.4 Å². The summed E-state index contributed by atoms with van der Waals surface area (Å²) in [5, 5.41) is 7.21. The molecular weight excluding hydrogens is 626 g/mol. The Hall–Kier alpha value is -4.20. The fourth-order valence-electron chi connectivity index (χ4n) is 6.22. The number of amides is 4. The molecule has 47 heavy (non-hydrogen) atoms. The first kappa shape index (κ1) is 34.1. The molecule has 1 aliphatic carbocycles. The molecule has 254 valence electrons. The van der Waals surface area contributed by atoms with Gasteiger partial charge >= 0.3 is 6.09 Å². The third-order valence-electron chi connectivity index (χ3n) is 8.53. The highest BCUT2D eigenvalue weighted by Crippen LogP contribution is 2.45. The second-order valence-corrected chi connectivity index (χ2v) is 15.3. The van der Waals surface area contributed by atoms with Crippen LogP contribution in [0, 0.1) is 5.92 Å². The number of ether oxygens (including phenoxy) is 2. The summed E-state index contributed by atoms with van der Waals surface area (Å²) in [7, 11) is -3.91. The van der Waals surface area contributed by atoms with E-state index in [1.165, 1.54) is 4.90 Å². The molecule has 3 heterocycles. The molecule has 3 N–H and O–H groups in total. The van der Waals surface area contributed by atoms with Gasteiger partial charge < -0.3 is 25.0 Å². The standard InChI is InChI=1S/C33H43N5O8S/c1-32(2,3)46-31(42)35-25-15-9-7-5-6-8-13-22-19-33(22,30(41)37-47(4,43)44)36-27(39)26-18-23(20-38(26)29(25)40)45-28-24-14-11-10-12-21(24)16-17-34-28/h8,10-14,16-17,22-23,25-26H,5-7,9,15,18-20H2,1-4H3,(H,35,42)(H,36,39)(H,37,41)/b13-8-/t22-,23+,25-,26-,33+/m0/s1. The van der Waals surface area contributed by atoms with Crippen molar-refractivity contribution in [2.75, 3.05) is 12.8 Å². The Kier molecular flexibility index (Phi) is 9.81. The van der Waals surface area contributed by atoms with Crippen molar-refractivity contribution in [3.8, 4) is 5.88 Å². The van der Waals surface area contributed by atoms with Crippen molar-refractivity contribution in [1.29, 1.82) is 0 Å². The first-order valence-corrected chi connectivity index (χ1v) is 17.9. The number of benzene rings is 1. The number of carbonyl (C=O) groups is 4. The van der Waals surface area contributed by atoms with Crippen molar-refractivity contribution in [1.82, 2.24) is 25.2 Å². The number of nitrogens with zero attached hydrogens (tertiary/aromatic N) is 2. The number of pyridine rings is 1. The van der Waals surface area contributed by atoms with Crippen LogP contribution in [0.5, 0.6) is 5.88 Å². The lowest BCUT2D eigenvalue weighted by atomic mass is 10.0. The summed E-state index contributed by atoms with van der Waals surface area (Å²) in [6, 6.07) is 7.35. The lowest BCUT2D eigenvalue weighted by molar-refractivity contribution is -0.141. The third kappa shape index (κ3) is 8.40.